The summed E-state index contributed by atoms with van der Waals surface area (Å²) in [6.07, 6.45) is 10.5. The first kappa shape index (κ1) is 9.95. The fraction of sp³-hybridized carbons (Fsp3) is 0.769. The molecular formula is C13H20O. The molecular weight excluding hydrogens is 172 g/mol. The first-order valence-corrected chi connectivity index (χ1v) is 5.79. The molecule has 1 heteroatoms. The van der Waals surface area contributed by atoms with Gasteiger partial charge < -0.3 is 4.79 Å². The minimum absolute atomic E-state index is 0.335. The van der Waals surface area contributed by atoms with Crippen molar-refractivity contribution in [1.82, 2.24) is 0 Å². The molecule has 2 aliphatic rings. The highest BCUT2D eigenvalue weighted by molar-refractivity contribution is 5.53. The largest absolute Gasteiger partial charge is 0.303 e. The molecule has 0 aliphatic heterocycles. The second-order valence-corrected chi connectivity index (χ2v) is 5.40. The second-order valence-electron chi connectivity index (χ2n) is 5.40. The average Bonchev–Trinajstić information content (AvgIpc) is 2.17. The van der Waals surface area contributed by atoms with Crippen LogP contribution in [0.4, 0.5) is 0 Å². The Bertz CT molecular complexity index is 256. The molecule has 0 aromatic heterocycles. The van der Waals surface area contributed by atoms with Crippen molar-refractivity contribution in [3.63, 3.8) is 0 Å². The molecule has 1 saturated carbocycles. The predicted octanol–water partition coefficient (Wildman–Crippen LogP) is 3.20. The van der Waals surface area contributed by atoms with Gasteiger partial charge in [0.15, 0.2) is 0 Å². The van der Waals surface area contributed by atoms with Crippen LogP contribution >= 0.6 is 0 Å². The summed E-state index contributed by atoms with van der Waals surface area (Å²) in [5.41, 5.74) is 0.386. The van der Waals surface area contributed by atoms with Crippen LogP contribution in [0.2, 0.25) is 0 Å². The Kier molecular flexibility index (Phi) is 2.50. The lowest BCUT2D eigenvalue weighted by molar-refractivity contribution is -0.113. The molecule has 0 N–H and O–H groups in total. The van der Waals surface area contributed by atoms with Crippen molar-refractivity contribution in [3.05, 3.63) is 12.2 Å². The molecule has 0 spiro atoms. The summed E-state index contributed by atoms with van der Waals surface area (Å²) in [6, 6.07) is 0. The van der Waals surface area contributed by atoms with Crippen molar-refractivity contribution < 1.29 is 4.79 Å². The van der Waals surface area contributed by atoms with Gasteiger partial charge in [-0.3, -0.25) is 0 Å². The van der Waals surface area contributed by atoms with E-state index in [2.05, 4.69) is 26.0 Å². The number of hydrogen-bond donors (Lipinski definition) is 0. The average molecular weight is 192 g/mol. The van der Waals surface area contributed by atoms with Gasteiger partial charge in [-0.15, -0.1) is 0 Å². The number of carbonyl (C=O) groups is 1. The third kappa shape index (κ3) is 1.53. The van der Waals surface area contributed by atoms with Crippen LogP contribution in [0.1, 0.15) is 39.5 Å². The highest BCUT2D eigenvalue weighted by atomic mass is 16.1. The molecule has 0 bridgehead atoms. The fourth-order valence-corrected chi connectivity index (χ4v) is 3.32. The van der Waals surface area contributed by atoms with Crippen molar-refractivity contribution in [2.45, 2.75) is 39.5 Å². The van der Waals surface area contributed by atoms with Gasteiger partial charge in [-0.05, 0) is 42.9 Å². The summed E-state index contributed by atoms with van der Waals surface area (Å²) in [5, 5.41) is 0. The molecule has 0 radical (unpaired) electrons. The third-order valence-corrected chi connectivity index (χ3v) is 4.34. The van der Waals surface area contributed by atoms with E-state index in [1.165, 1.54) is 19.1 Å². The molecule has 0 saturated heterocycles. The highest BCUT2D eigenvalue weighted by Gasteiger charge is 2.41. The summed E-state index contributed by atoms with van der Waals surface area (Å²) < 4.78 is 0. The summed E-state index contributed by atoms with van der Waals surface area (Å²) in [4.78, 5) is 10.8. The highest BCUT2D eigenvalue weighted by Crippen LogP contribution is 2.50. The molecule has 2 aliphatic carbocycles. The number of fused-ring (bicyclic) bond motifs is 1. The first-order valence-electron chi connectivity index (χ1n) is 5.79. The van der Waals surface area contributed by atoms with Gasteiger partial charge in [0.1, 0.15) is 6.29 Å². The van der Waals surface area contributed by atoms with Crippen LogP contribution in [0.5, 0.6) is 0 Å². The quantitative estimate of drug-likeness (QED) is 0.460. The number of carbonyl (C=O) groups excluding carboxylic acids is 1. The van der Waals surface area contributed by atoms with E-state index >= 15 is 0 Å². The lowest BCUT2D eigenvalue weighted by Gasteiger charge is -2.46. The maximum Gasteiger partial charge on any atom is 0.123 e. The molecule has 1 nitrogen and oxygen atoms in total. The van der Waals surface area contributed by atoms with E-state index < -0.39 is 0 Å². The molecule has 4 atom stereocenters. The van der Waals surface area contributed by atoms with Gasteiger partial charge in [-0.25, -0.2) is 0 Å². The summed E-state index contributed by atoms with van der Waals surface area (Å²) in [7, 11) is 0. The smallest absolute Gasteiger partial charge is 0.123 e. The van der Waals surface area contributed by atoms with E-state index in [1.807, 2.05) is 0 Å². The van der Waals surface area contributed by atoms with Crippen molar-refractivity contribution in [1.29, 1.82) is 0 Å². The Morgan fingerprint density at radius 2 is 2.29 bits per heavy atom. The summed E-state index contributed by atoms with van der Waals surface area (Å²) in [6.45, 7) is 4.70. The normalized spacial score (nSPS) is 47.1. The van der Waals surface area contributed by atoms with Gasteiger partial charge in [-0.1, -0.05) is 26.0 Å². The SMILES string of the molecule is CC1CC=CC2(C)CCC(C=O)CC12. The zero-order chi connectivity index (χ0) is 10.2. The summed E-state index contributed by atoms with van der Waals surface area (Å²) in [5.74, 6) is 1.83. The van der Waals surface area contributed by atoms with Crippen molar-refractivity contribution in [2.75, 3.05) is 0 Å². The van der Waals surface area contributed by atoms with Gasteiger partial charge in [0.05, 0.1) is 0 Å². The molecule has 4 unspecified atom stereocenters. The Balaban J connectivity index is 2.19. The molecule has 14 heavy (non-hydrogen) atoms. The van der Waals surface area contributed by atoms with Gasteiger partial charge in [0.2, 0.25) is 0 Å². The third-order valence-electron chi connectivity index (χ3n) is 4.34. The van der Waals surface area contributed by atoms with Gasteiger partial charge in [-0.2, -0.15) is 0 Å². The van der Waals surface area contributed by atoms with Crippen LogP contribution < -0.4 is 0 Å². The van der Waals surface area contributed by atoms with Crippen LogP contribution in [-0.4, -0.2) is 6.29 Å². The Labute approximate surface area is 86.6 Å². The maximum atomic E-state index is 10.8. The molecule has 0 aromatic carbocycles. The Morgan fingerprint density at radius 3 is 3.00 bits per heavy atom. The summed E-state index contributed by atoms with van der Waals surface area (Å²) >= 11 is 0. The lowest BCUT2D eigenvalue weighted by atomic mass is 9.58. The van der Waals surface area contributed by atoms with E-state index in [1.54, 1.807) is 0 Å². The van der Waals surface area contributed by atoms with Crippen LogP contribution in [0.3, 0.4) is 0 Å². The van der Waals surface area contributed by atoms with Gasteiger partial charge in [0, 0.05) is 5.92 Å². The van der Waals surface area contributed by atoms with E-state index in [0.717, 1.165) is 24.7 Å². The zero-order valence-corrected chi connectivity index (χ0v) is 9.20. The number of aldehydes is 1. The van der Waals surface area contributed by atoms with Crippen LogP contribution in [0, 0.1) is 23.2 Å². The molecule has 78 valence electrons. The van der Waals surface area contributed by atoms with Crippen molar-refractivity contribution in [2.24, 2.45) is 23.2 Å². The zero-order valence-electron chi connectivity index (χ0n) is 9.20. The van der Waals surface area contributed by atoms with Crippen LogP contribution in [0.15, 0.2) is 12.2 Å². The minimum atomic E-state index is 0.335. The minimum Gasteiger partial charge on any atom is -0.303 e. The Morgan fingerprint density at radius 1 is 1.50 bits per heavy atom. The number of rotatable bonds is 1. The van der Waals surface area contributed by atoms with E-state index in [-0.39, 0.29) is 0 Å². The van der Waals surface area contributed by atoms with Gasteiger partial charge in [0.25, 0.3) is 0 Å². The van der Waals surface area contributed by atoms with E-state index in [4.69, 9.17) is 0 Å². The first-order chi connectivity index (χ1) is 6.65. The molecule has 0 amide bonds. The number of allylic oxidation sites excluding steroid dienone is 2. The number of hydrogen-bond acceptors (Lipinski definition) is 1. The lowest BCUT2D eigenvalue weighted by Crippen LogP contribution is -2.38. The molecule has 0 aromatic rings. The monoisotopic (exact) mass is 192 g/mol. The van der Waals surface area contributed by atoms with Crippen molar-refractivity contribution >= 4 is 6.29 Å². The topological polar surface area (TPSA) is 17.1 Å². The van der Waals surface area contributed by atoms with E-state index in [0.29, 0.717) is 11.3 Å². The maximum absolute atomic E-state index is 10.8. The second kappa shape index (κ2) is 3.52. The molecule has 2 rings (SSSR count). The standard InChI is InChI=1S/C13H20O/c1-10-4-3-6-13(2)7-5-11(9-14)8-12(10)13/h3,6,9-12H,4-5,7-8H2,1-2H3. The fourth-order valence-electron chi connectivity index (χ4n) is 3.32. The van der Waals surface area contributed by atoms with E-state index in [9.17, 15) is 4.79 Å². The van der Waals surface area contributed by atoms with Gasteiger partial charge >= 0.3 is 0 Å². The predicted molar refractivity (Wildman–Crippen MR) is 57.9 cm³/mol. The molecule has 1 fully saturated rings. The Hall–Kier alpha value is -0.590. The van der Waals surface area contributed by atoms with Crippen LogP contribution in [0.25, 0.3) is 0 Å². The van der Waals surface area contributed by atoms with Crippen LogP contribution in [-0.2, 0) is 4.79 Å². The van der Waals surface area contributed by atoms with Crippen molar-refractivity contribution in [3.8, 4) is 0 Å². The molecule has 0 heterocycles.